The summed E-state index contributed by atoms with van der Waals surface area (Å²) in [5.74, 6) is -0.607. The molecular formula is C17H27NO5. The molecule has 130 valence electrons. The van der Waals surface area contributed by atoms with E-state index >= 15 is 0 Å². The van der Waals surface area contributed by atoms with Crippen LogP contribution in [0.5, 0.6) is 0 Å². The van der Waals surface area contributed by atoms with Gasteiger partial charge in [0.1, 0.15) is 18.2 Å². The lowest BCUT2D eigenvalue weighted by atomic mass is 9.98. The highest BCUT2D eigenvalue weighted by Gasteiger charge is 2.48. The fraction of sp³-hybridized carbons (Fsp3) is 0.647. The van der Waals surface area contributed by atoms with Crippen LogP contribution in [0, 0.1) is 5.92 Å². The first-order valence-corrected chi connectivity index (χ1v) is 7.73. The lowest BCUT2D eigenvalue weighted by Crippen LogP contribution is -2.48. The number of Topliss-reactive ketones (excluding diaryl/α,β-unsaturated/α-hetero) is 1. The van der Waals surface area contributed by atoms with Crippen LogP contribution in [0.3, 0.4) is 0 Å². The average Bonchev–Trinajstić information content (AvgIpc) is 2.81. The standard InChI is InChI=1S/C17H27NO5/c1-6-8-12-10-18(16(21)23-17(3,4)5)14(13(20)11-19)15(12)22-9-7-2/h6-8,12,14-15,19H,2,9-11H2,1,3-5H3/b8-6+/t12-,14+,15+/m0/s1. The largest absolute Gasteiger partial charge is 0.444 e. The molecule has 0 aromatic heterocycles. The zero-order valence-electron chi connectivity index (χ0n) is 14.3. The molecule has 0 aromatic rings. The summed E-state index contributed by atoms with van der Waals surface area (Å²) in [6.45, 7) is 10.7. The van der Waals surface area contributed by atoms with Gasteiger partial charge in [0.2, 0.25) is 0 Å². The fourth-order valence-corrected chi connectivity index (χ4v) is 2.63. The number of carbonyl (C=O) groups is 2. The van der Waals surface area contributed by atoms with Gasteiger partial charge in [0, 0.05) is 12.5 Å². The quantitative estimate of drug-likeness (QED) is 0.755. The van der Waals surface area contributed by atoms with Crippen molar-refractivity contribution < 1.29 is 24.2 Å². The first kappa shape index (κ1) is 19.4. The second kappa shape index (κ2) is 8.26. The van der Waals surface area contributed by atoms with Crippen LogP contribution in [-0.2, 0) is 14.3 Å². The number of likely N-dealkylation sites (tertiary alicyclic amines) is 1. The van der Waals surface area contributed by atoms with Crippen molar-refractivity contribution in [2.24, 2.45) is 5.92 Å². The van der Waals surface area contributed by atoms with Crippen LogP contribution in [0.15, 0.2) is 24.8 Å². The summed E-state index contributed by atoms with van der Waals surface area (Å²) in [5, 5.41) is 9.26. The zero-order chi connectivity index (χ0) is 17.6. The number of hydrogen-bond donors (Lipinski definition) is 1. The highest BCUT2D eigenvalue weighted by atomic mass is 16.6. The van der Waals surface area contributed by atoms with E-state index in [1.807, 2.05) is 19.1 Å². The molecule has 0 spiro atoms. The van der Waals surface area contributed by atoms with Crippen LogP contribution in [0.1, 0.15) is 27.7 Å². The topological polar surface area (TPSA) is 76.1 Å². The van der Waals surface area contributed by atoms with Gasteiger partial charge in [-0.15, -0.1) is 6.58 Å². The Morgan fingerprint density at radius 3 is 2.52 bits per heavy atom. The zero-order valence-corrected chi connectivity index (χ0v) is 14.3. The Kier molecular flexibility index (Phi) is 6.97. The van der Waals surface area contributed by atoms with Crippen LogP contribution in [0.4, 0.5) is 4.79 Å². The first-order valence-electron chi connectivity index (χ1n) is 7.73. The van der Waals surface area contributed by atoms with Crippen LogP contribution in [0.25, 0.3) is 0 Å². The molecule has 0 unspecified atom stereocenters. The summed E-state index contributed by atoms with van der Waals surface area (Å²) in [6.07, 6.45) is 4.23. The predicted molar refractivity (Wildman–Crippen MR) is 87.1 cm³/mol. The van der Waals surface area contributed by atoms with E-state index in [4.69, 9.17) is 9.47 Å². The molecule has 1 amide bonds. The van der Waals surface area contributed by atoms with E-state index in [0.29, 0.717) is 6.54 Å². The van der Waals surface area contributed by atoms with Gasteiger partial charge < -0.3 is 14.6 Å². The van der Waals surface area contributed by atoms with Gasteiger partial charge in [-0.3, -0.25) is 9.69 Å². The maximum absolute atomic E-state index is 12.4. The van der Waals surface area contributed by atoms with E-state index in [0.717, 1.165) is 0 Å². The maximum Gasteiger partial charge on any atom is 0.411 e. The molecule has 6 nitrogen and oxygen atoms in total. The van der Waals surface area contributed by atoms with Gasteiger partial charge in [-0.25, -0.2) is 4.79 Å². The Bertz CT molecular complexity index is 466. The van der Waals surface area contributed by atoms with Crippen molar-refractivity contribution in [3.63, 3.8) is 0 Å². The van der Waals surface area contributed by atoms with Gasteiger partial charge in [0.25, 0.3) is 0 Å². The van der Waals surface area contributed by atoms with Gasteiger partial charge >= 0.3 is 6.09 Å². The molecule has 1 heterocycles. The number of amides is 1. The van der Waals surface area contributed by atoms with Gasteiger partial charge in [-0.05, 0) is 27.7 Å². The van der Waals surface area contributed by atoms with Crippen molar-refractivity contribution in [3.8, 4) is 0 Å². The van der Waals surface area contributed by atoms with Gasteiger partial charge in [-0.2, -0.15) is 0 Å². The molecule has 0 saturated carbocycles. The Morgan fingerprint density at radius 1 is 1.39 bits per heavy atom. The molecule has 1 saturated heterocycles. The molecule has 1 rings (SSSR count). The number of ketones is 1. The minimum absolute atomic E-state index is 0.145. The van der Waals surface area contributed by atoms with Gasteiger partial charge in [-0.1, -0.05) is 18.2 Å². The van der Waals surface area contributed by atoms with E-state index in [2.05, 4.69) is 6.58 Å². The summed E-state index contributed by atoms with van der Waals surface area (Å²) >= 11 is 0. The van der Waals surface area contributed by atoms with Gasteiger partial charge in [0.05, 0.1) is 12.7 Å². The summed E-state index contributed by atoms with van der Waals surface area (Å²) < 4.78 is 11.1. The van der Waals surface area contributed by atoms with E-state index in [9.17, 15) is 14.7 Å². The Balaban J connectivity index is 3.09. The smallest absolute Gasteiger partial charge is 0.411 e. The number of allylic oxidation sites excluding steroid dienone is 1. The number of aliphatic hydroxyl groups is 1. The van der Waals surface area contributed by atoms with Crippen molar-refractivity contribution in [1.29, 1.82) is 0 Å². The number of ether oxygens (including phenoxy) is 2. The second-order valence-electron chi connectivity index (χ2n) is 6.48. The lowest BCUT2D eigenvalue weighted by Gasteiger charge is -2.29. The summed E-state index contributed by atoms with van der Waals surface area (Å²) in [7, 11) is 0. The van der Waals surface area contributed by atoms with Crippen LogP contribution in [0.2, 0.25) is 0 Å². The summed E-state index contributed by atoms with van der Waals surface area (Å²) in [6, 6.07) is -0.865. The van der Waals surface area contributed by atoms with Crippen molar-refractivity contribution in [2.75, 3.05) is 19.8 Å². The third kappa shape index (κ3) is 5.18. The molecule has 1 N–H and O–H groups in total. The monoisotopic (exact) mass is 325 g/mol. The van der Waals surface area contributed by atoms with Crippen molar-refractivity contribution in [3.05, 3.63) is 24.8 Å². The minimum atomic E-state index is -0.865. The average molecular weight is 325 g/mol. The first-order chi connectivity index (χ1) is 10.7. The highest BCUT2D eigenvalue weighted by molar-refractivity contribution is 5.89. The molecule has 1 aliphatic rings. The molecule has 23 heavy (non-hydrogen) atoms. The van der Waals surface area contributed by atoms with Crippen LogP contribution in [-0.4, -0.2) is 59.4 Å². The van der Waals surface area contributed by atoms with Gasteiger partial charge in [0.15, 0.2) is 5.78 Å². The third-order valence-electron chi connectivity index (χ3n) is 3.44. The van der Waals surface area contributed by atoms with Crippen molar-refractivity contribution in [1.82, 2.24) is 4.90 Å². The fourth-order valence-electron chi connectivity index (χ4n) is 2.63. The molecule has 0 aromatic carbocycles. The predicted octanol–water partition coefficient (Wildman–Crippen LogP) is 1.93. The Hall–Kier alpha value is -1.66. The van der Waals surface area contributed by atoms with E-state index in [1.54, 1.807) is 26.8 Å². The molecular weight excluding hydrogens is 298 g/mol. The molecule has 1 aliphatic heterocycles. The number of rotatable bonds is 6. The molecule has 0 aliphatic carbocycles. The normalized spacial score (nSPS) is 24.9. The minimum Gasteiger partial charge on any atom is -0.444 e. The van der Waals surface area contributed by atoms with Crippen LogP contribution < -0.4 is 0 Å². The summed E-state index contributed by atoms with van der Waals surface area (Å²) in [5.41, 5.74) is -0.667. The van der Waals surface area contributed by atoms with E-state index < -0.39 is 36.2 Å². The Labute approximate surface area is 137 Å². The molecule has 0 radical (unpaired) electrons. The van der Waals surface area contributed by atoms with Crippen molar-refractivity contribution >= 4 is 11.9 Å². The molecule has 3 atom stereocenters. The third-order valence-corrected chi connectivity index (χ3v) is 3.44. The van der Waals surface area contributed by atoms with Crippen LogP contribution >= 0.6 is 0 Å². The second-order valence-corrected chi connectivity index (χ2v) is 6.48. The summed E-state index contributed by atoms with van der Waals surface area (Å²) in [4.78, 5) is 26.0. The maximum atomic E-state index is 12.4. The molecule has 0 bridgehead atoms. The SMILES string of the molecule is C=CCO[C@H]1[C@@H](C(=O)CO)N(C(=O)OC(C)(C)C)C[C@@H]1/C=C/C. The van der Waals surface area contributed by atoms with E-state index in [1.165, 1.54) is 4.90 Å². The number of hydrogen-bond acceptors (Lipinski definition) is 5. The molecule has 1 fully saturated rings. The number of nitrogens with zero attached hydrogens (tertiary/aromatic N) is 1. The Morgan fingerprint density at radius 2 is 2.04 bits per heavy atom. The molecule has 6 heteroatoms. The highest BCUT2D eigenvalue weighted by Crippen LogP contribution is 2.30. The number of carbonyl (C=O) groups excluding carboxylic acids is 2. The van der Waals surface area contributed by atoms with E-state index in [-0.39, 0.29) is 12.5 Å². The lowest BCUT2D eigenvalue weighted by molar-refractivity contribution is -0.130. The number of aliphatic hydroxyl groups excluding tert-OH is 1. The van der Waals surface area contributed by atoms with Crippen molar-refractivity contribution in [2.45, 2.75) is 45.4 Å².